The zero-order valence-corrected chi connectivity index (χ0v) is 19.7. The van der Waals surface area contributed by atoms with Crippen molar-refractivity contribution in [1.82, 2.24) is 16.0 Å². The molecule has 7 nitrogen and oxygen atoms in total. The predicted octanol–water partition coefficient (Wildman–Crippen LogP) is 2.96. The van der Waals surface area contributed by atoms with E-state index in [0.29, 0.717) is 37.8 Å². The van der Waals surface area contributed by atoms with Crippen LogP contribution in [0.5, 0.6) is 0 Å². The van der Waals surface area contributed by atoms with Crippen LogP contribution in [0, 0.1) is 5.82 Å². The molecule has 28 heavy (non-hydrogen) atoms. The largest absolute Gasteiger partial charge is 0.444 e. The minimum atomic E-state index is -0.509. The van der Waals surface area contributed by atoms with Crippen LogP contribution < -0.4 is 20.9 Å². The van der Waals surface area contributed by atoms with Gasteiger partial charge < -0.3 is 25.6 Å². The van der Waals surface area contributed by atoms with Gasteiger partial charge in [-0.3, -0.25) is 4.99 Å². The number of nitrogens with zero attached hydrogens (tertiary/aromatic N) is 2. The van der Waals surface area contributed by atoms with Crippen molar-refractivity contribution < 1.29 is 13.9 Å². The molecule has 0 atom stereocenters. The summed E-state index contributed by atoms with van der Waals surface area (Å²) in [5.41, 5.74) is 0.0820. The number of rotatable bonds is 8. The fourth-order valence-corrected chi connectivity index (χ4v) is 2.29. The fraction of sp³-hybridized carbons (Fsp3) is 0.579. The van der Waals surface area contributed by atoms with Crippen LogP contribution in [-0.2, 0) is 4.74 Å². The van der Waals surface area contributed by atoms with Crippen molar-refractivity contribution in [2.24, 2.45) is 4.99 Å². The number of alkyl carbamates (subject to hydrolysis) is 1. The van der Waals surface area contributed by atoms with Gasteiger partial charge in [-0.2, -0.15) is 0 Å². The molecular formula is C19H33FIN5O2. The Bertz CT molecular complexity index is 623. The molecule has 0 bridgehead atoms. The molecule has 3 N–H and O–H groups in total. The smallest absolute Gasteiger partial charge is 0.407 e. The minimum absolute atomic E-state index is 0. The van der Waals surface area contributed by atoms with E-state index >= 15 is 0 Å². The van der Waals surface area contributed by atoms with Crippen molar-refractivity contribution in [3.05, 3.63) is 30.1 Å². The lowest BCUT2D eigenvalue weighted by Crippen LogP contribution is -2.43. The predicted molar refractivity (Wildman–Crippen MR) is 123 cm³/mol. The summed E-state index contributed by atoms with van der Waals surface area (Å²) in [6.07, 6.45) is 0.380. The van der Waals surface area contributed by atoms with E-state index in [-0.39, 0.29) is 29.8 Å². The van der Waals surface area contributed by atoms with E-state index in [4.69, 9.17) is 4.74 Å². The number of carbonyl (C=O) groups is 1. The van der Waals surface area contributed by atoms with E-state index in [1.165, 1.54) is 6.07 Å². The summed E-state index contributed by atoms with van der Waals surface area (Å²) in [7, 11) is 3.55. The van der Waals surface area contributed by atoms with Crippen LogP contribution >= 0.6 is 24.0 Å². The van der Waals surface area contributed by atoms with E-state index in [0.717, 1.165) is 6.42 Å². The number of nitrogens with one attached hydrogen (secondary N) is 3. The van der Waals surface area contributed by atoms with E-state index in [2.05, 4.69) is 20.9 Å². The average Bonchev–Trinajstić information content (AvgIpc) is 2.59. The van der Waals surface area contributed by atoms with Crippen LogP contribution in [0.2, 0.25) is 0 Å². The summed E-state index contributed by atoms with van der Waals surface area (Å²) >= 11 is 0. The Labute approximate surface area is 184 Å². The summed E-state index contributed by atoms with van der Waals surface area (Å²) in [5, 5.41) is 8.98. The molecule has 0 aliphatic heterocycles. The number of benzene rings is 1. The topological polar surface area (TPSA) is 78.0 Å². The van der Waals surface area contributed by atoms with Gasteiger partial charge in [-0.1, -0.05) is 12.1 Å². The van der Waals surface area contributed by atoms with Crippen LogP contribution in [0.3, 0.4) is 0 Å². The van der Waals surface area contributed by atoms with E-state index in [9.17, 15) is 9.18 Å². The number of hydrogen-bond acceptors (Lipinski definition) is 4. The number of aliphatic imine (C=N–C) groups is 1. The molecule has 0 aromatic heterocycles. The van der Waals surface area contributed by atoms with Crippen molar-refractivity contribution in [2.75, 3.05) is 45.2 Å². The molecule has 160 valence electrons. The highest BCUT2D eigenvalue weighted by Crippen LogP contribution is 2.16. The first-order valence-corrected chi connectivity index (χ1v) is 9.10. The molecule has 0 aliphatic carbocycles. The Kier molecular flexibility index (Phi) is 12.6. The monoisotopic (exact) mass is 509 g/mol. The van der Waals surface area contributed by atoms with Gasteiger partial charge in [-0.15, -0.1) is 24.0 Å². The van der Waals surface area contributed by atoms with Crippen LogP contribution in [0.4, 0.5) is 14.9 Å². The first-order chi connectivity index (χ1) is 12.7. The molecule has 0 spiro atoms. The summed E-state index contributed by atoms with van der Waals surface area (Å²) in [6.45, 7) is 7.81. The second-order valence-electron chi connectivity index (χ2n) is 7.08. The Morgan fingerprint density at radius 3 is 2.36 bits per heavy atom. The number of ether oxygens (including phenoxy) is 1. The van der Waals surface area contributed by atoms with Gasteiger partial charge in [0.1, 0.15) is 11.4 Å². The third-order valence-corrected chi connectivity index (χ3v) is 3.54. The first-order valence-electron chi connectivity index (χ1n) is 9.10. The number of amides is 1. The van der Waals surface area contributed by atoms with Gasteiger partial charge in [0, 0.05) is 40.3 Å². The molecule has 0 radical (unpaired) electrons. The Morgan fingerprint density at radius 1 is 1.14 bits per heavy atom. The molecule has 0 fully saturated rings. The number of carbonyl (C=O) groups excluding carboxylic acids is 1. The number of guanidine groups is 1. The van der Waals surface area contributed by atoms with Crippen molar-refractivity contribution >= 4 is 41.7 Å². The molecule has 0 aliphatic rings. The zero-order valence-electron chi connectivity index (χ0n) is 17.3. The Hall–Kier alpha value is -1.78. The molecule has 0 heterocycles. The van der Waals surface area contributed by atoms with Crippen LogP contribution in [0.1, 0.15) is 27.2 Å². The summed E-state index contributed by atoms with van der Waals surface area (Å²) < 4.78 is 18.9. The highest BCUT2D eigenvalue weighted by Gasteiger charge is 2.15. The maximum Gasteiger partial charge on any atom is 0.407 e. The van der Waals surface area contributed by atoms with Crippen molar-refractivity contribution in [1.29, 1.82) is 0 Å². The SMILES string of the molecule is CN=C(NCCCN(C)c1ccccc1F)NCCNC(=O)OC(C)(C)C.I. The normalized spacial score (nSPS) is 11.3. The molecule has 1 aromatic carbocycles. The Morgan fingerprint density at radius 2 is 1.75 bits per heavy atom. The Balaban J connectivity index is 0.00000729. The maximum atomic E-state index is 13.7. The van der Waals surface area contributed by atoms with Gasteiger partial charge in [-0.25, -0.2) is 9.18 Å². The van der Waals surface area contributed by atoms with E-state index in [1.807, 2.05) is 38.8 Å². The first kappa shape index (κ1) is 26.2. The number of para-hydroxylation sites is 1. The minimum Gasteiger partial charge on any atom is -0.444 e. The standard InChI is InChI=1S/C19H32FN5O2.HI/c1-19(2,3)27-18(26)24-13-12-23-17(21-4)22-11-8-14-25(5)16-10-7-6-9-15(16)20;/h6-7,9-10H,8,11-14H2,1-5H3,(H,24,26)(H2,21,22,23);1H. The molecule has 9 heteroatoms. The van der Waals surface area contributed by atoms with E-state index < -0.39 is 11.7 Å². The maximum absolute atomic E-state index is 13.7. The summed E-state index contributed by atoms with van der Waals surface area (Å²) in [4.78, 5) is 17.6. The zero-order chi connectivity index (χ0) is 20.3. The second kappa shape index (κ2) is 13.4. The van der Waals surface area contributed by atoms with Gasteiger partial charge >= 0.3 is 6.09 Å². The highest BCUT2D eigenvalue weighted by molar-refractivity contribution is 14.0. The molecule has 0 unspecified atom stereocenters. The third-order valence-electron chi connectivity index (χ3n) is 3.54. The van der Waals surface area contributed by atoms with Gasteiger partial charge in [0.25, 0.3) is 0 Å². The van der Waals surface area contributed by atoms with Gasteiger partial charge in [0.15, 0.2) is 5.96 Å². The van der Waals surface area contributed by atoms with Crippen LogP contribution in [0.25, 0.3) is 0 Å². The average molecular weight is 509 g/mol. The third kappa shape index (κ3) is 11.2. The van der Waals surface area contributed by atoms with Gasteiger partial charge in [0.05, 0.1) is 5.69 Å². The molecule has 0 saturated heterocycles. The van der Waals surface area contributed by atoms with Crippen molar-refractivity contribution in [2.45, 2.75) is 32.8 Å². The lowest BCUT2D eigenvalue weighted by atomic mass is 10.2. The number of anilines is 1. The number of halogens is 2. The molecular weight excluding hydrogens is 476 g/mol. The van der Waals surface area contributed by atoms with Crippen molar-refractivity contribution in [3.8, 4) is 0 Å². The van der Waals surface area contributed by atoms with Gasteiger partial charge in [-0.05, 0) is 39.3 Å². The number of hydrogen-bond donors (Lipinski definition) is 3. The van der Waals surface area contributed by atoms with Crippen LogP contribution in [-0.4, -0.2) is 57.9 Å². The quantitative estimate of drug-likeness (QED) is 0.218. The summed E-state index contributed by atoms with van der Waals surface area (Å²) in [6, 6.07) is 6.73. The van der Waals surface area contributed by atoms with Crippen LogP contribution in [0.15, 0.2) is 29.3 Å². The molecule has 0 saturated carbocycles. The molecule has 1 aromatic rings. The lowest BCUT2D eigenvalue weighted by Gasteiger charge is -2.20. The molecule has 1 rings (SSSR count). The van der Waals surface area contributed by atoms with E-state index in [1.54, 1.807) is 19.2 Å². The lowest BCUT2D eigenvalue weighted by molar-refractivity contribution is 0.0529. The summed E-state index contributed by atoms with van der Waals surface area (Å²) in [5.74, 6) is 0.428. The van der Waals surface area contributed by atoms with Crippen molar-refractivity contribution in [3.63, 3.8) is 0 Å². The fourth-order valence-electron chi connectivity index (χ4n) is 2.29. The second-order valence-corrected chi connectivity index (χ2v) is 7.08. The van der Waals surface area contributed by atoms with Gasteiger partial charge in [0.2, 0.25) is 0 Å². The highest BCUT2D eigenvalue weighted by atomic mass is 127. The molecule has 1 amide bonds.